The van der Waals surface area contributed by atoms with E-state index in [4.69, 9.17) is 9.97 Å². The zero-order valence-corrected chi connectivity index (χ0v) is 17.1. The van der Waals surface area contributed by atoms with Gasteiger partial charge in [0.2, 0.25) is 5.91 Å². The van der Waals surface area contributed by atoms with Gasteiger partial charge in [0.25, 0.3) is 0 Å². The van der Waals surface area contributed by atoms with E-state index < -0.39 is 0 Å². The van der Waals surface area contributed by atoms with Crippen LogP contribution in [0, 0.1) is 0 Å². The van der Waals surface area contributed by atoms with Crippen molar-refractivity contribution in [1.82, 2.24) is 24.8 Å². The summed E-state index contributed by atoms with van der Waals surface area (Å²) in [7, 11) is 4.08. The van der Waals surface area contributed by atoms with Crippen LogP contribution in [0.5, 0.6) is 0 Å². The number of benzene rings is 2. The van der Waals surface area contributed by atoms with E-state index in [9.17, 15) is 4.79 Å². The maximum absolute atomic E-state index is 12.2. The second-order valence-corrected chi connectivity index (χ2v) is 7.66. The molecule has 6 nitrogen and oxygen atoms in total. The third kappa shape index (κ3) is 4.22. The lowest BCUT2D eigenvalue weighted by molar-refractivity contribution is -0.121. The Kier molecular flexibility index (Phi) is 5.71. The van der Waals surface area contributed by atoms with Gasteiger partial charge in [-0.15, -0.1) is 0 Å². The lowest BCUT2D eigenvalue weighted by atomic mass is 10.2. The second kappa shape index (κ2) is 8.57. The topological polar surface area (TPSA) is 63.1 Å². The van der Waals surface area contributed by atoms with E-state index in [0.29, 0.717) is 6.42 Å². The molecule has 0 aliphatic rings. The van der Waals surface area contributed by atoms with Crippen LogP contribution in [0.25, 0.3) is 33.1 Å². The van der Waals surface area contributed by atoms with Crippen LogP contribution in [0.1, 0.15) is 19.3 Å². The highest BCUT2D eigenvalue weighted by atomic mass is 16.1. The summed E-state index contributed by atoms with van der Waals surface area (Å²) < 4.78 is 2.20. The van der Waals surface area contributed by atoms with Crippen molar-refractivity contribution in [1.29, 1.82) is 0 Å². The summed E-state index contributed by atoms with van der Waals surface area (Å²) >= 11 is 0. The first-order chi connectivity index (χ1) is 14.1. The molecule has 2 heterocycles. The van der Waals surface area contributed by atoms with Gasteiger partial charge in [-0.25, -0.2) is 9.97 Å². The fraction of sp³-hybridized carbons (Fsp3) is 0.348. The van der Waals surface area contributed by atoms with Gasteiger partial charge in [-0.3, -0.25) is 4.79 Å². The Bertz CT molecular complexity index is 1150. The summed E-state index contributed by atoms with van der Waals surface area (Å²) in [5, 5.41) is 4.12. The number of aryl methyl sites for hydroxylation is 1. The minimum Gasteiger partial charge on any atom is -0.356 e. The summed E-state index contributed by atoms with van der Waals surface area (Å²) in [5.41, 5.74) is 4.72. The molecule has 0 atom stereocenters. The van der Waals surface area contributed by atoms with Crippen molar-refractivity contribution >= 4 is 39.0 Å². The van der Waals surface area contributed by atoms with Crippen molar-refractivity contribution < 1.29 is 4.79 Å². The highest BCUT2D eigenvalue weighted by Crippen LogP contribution is 2.28. The molecule has 0 bridgehead atoms. The average Bonchev–Trinajstić information content (AvgIpc) is 3.02. The summed E-state index contributed by atoms with van der Waals surface area (Å²) in [5.74, 6) is 0.112. The highest BCUT2D eigenvalue weighted by Gasteiger charge is 2.14. The smallest absolute Gasteiger partial charge is 0.220 e. The molecule has 4 aromatic rings. The van der Waals surface area contributed by atoms with Crippen molar-refractivity contribution in [3.8, 4) is 0 Å². The van der Waals surface area contributed by atoms with Crippen LogP contribution in [0.4, 0.5) is 0 Å². The van der Waals surface area contributed by atoms with Gasteiger partial charge in [0.05, 0.1) is 16.6 Å². The standard InChI is InChI=1S/C23H27N5O/c1-27(2)15-8-14-24-21(29)13-7-16-28-20-12-6-3-9-17(20)22-23(28)26-19-11-5-4-10-18(19)25-22/h3-6,9-12H,7-8,13-16H2,1-2H3,(H,24,29). The third-order valence-electron chi connectivity index (χ3n) is 5.15. The number of hydrogen-bond donors (Lipinski definition) is 1. The van der Waals surface area contributed by atoms with Gasteiger partial charge in [-0.1, -0.05) is 30.3 Å². The molecular weight excluding hydrogens is 362 g/mol. The average molecular weight is 390 g/mol. The van der Waals surface area contributed by atoms with E-state index in [1.165, 1.54) is 0 Å². The van der Waals surface area contributed by atoms with Gasteiger partial charge in [-0.05, 0) is 51.7 Å². The molecule has 6 heteroatoms. The van der Waals surface area contributed by atoms with Gasteiger partial charge in [0.15, 0.2) is 5.65 Å². The Morgan fingerprint density at radius 2 is 1.72 bits per heavy atom. The predicted molar refractivity (Wildman–Crippen MR) is 118 cm³/mol. The second-order valence-electron chi connectivity index (χ2n) is 7.66. The van der Waals surface area contributed by atoms with Crippen molar-refractivity contribution in [2.75, 3.05) is 27.2 Å². The fourth-order valence-corrected chi connectivity index (χ4v) is 3.72. The summed E-state index contributed by atoms with van der Waals surface area (Å²) in [6.07, 6.45) is 2.24. The van der Waals surface area contributed by atoms with Crippen LogP contribution in [-0.4, -0.2) is 52.5 Å². The molecule has 0 aliphatic heterocycles. The van der Waals surface area contributed by atoms with Gasteiger partial charge in [0, 0.05) is 24.9 Å². The van der Waals surface area contributed by atoms with Crippen LogP contribution in [0.2, 0.25) is 0 Å². The summed E-state index contributed by atoms with van der Waals surface area (Å²) in [6, 6.07) is 16.2. The molecule has 0 unspecified atom stereocenters. The van der Waals surface area contributed by atoms with Crippen LogP contribution in [0.3, 0.4) is 0 Å². The first kappa shape index (κ1) is 19.3. The van der Waals surface area contributed by atoms with E-state index in [0.717, 1.165) is 65.6 Å². The number of carbonyl (C=O) groups excluding carboxylic acids is 1. The Labute approximate surface area is 170 Å². The number of para-hydroxylation sites is 3. The molecule has 0 saturated heterocycles. The van der Waals surface area contributed by atoms with Gasteiger partial charge < -0.3 is 14.8 Å². The molecule has 1 N–H and O–H groups in total. The molecule has 0 fully saturated rings. The molecule has 2 aromatic carbocycles. The van der Waals surface area contributed by atoms with Crippen LogP contribution in [-0.2, 0) is 11.3 Å². The number of fused-ring (bicyclic) bond motifs is 4. The van der Waals surface area contributed by atoms with E-state index in [1.54, 1.807) is 0 Å². The number of carbonyl (C=O) groups is 1. The van der Waals surface area contributed by atoms with E-state index in [1.807, 2.05) is 50.5 Å². The number of rotatable bonds is 8. The Morgan fingerprint density at radius 1 is 1.00 bits per heavy atom. The van der Waals surface area contributed by atoms with Crippen LogP contribution in [0.15, 0.2) is 48.5 Å². The monoisotopic (exact) mass is 389 g/mol. The number of nitrogens with zero attached hydrogens (tertiary/aromatic N) is 4. The summed E-state index contributed by atoms with van der Waals surface area (Å²) in [6.45, 7) is 2.44. The number of hydrogen-bond acceptors (Lipinski definition) is 4. The predicted octanol–water partition coefficient (Wildman–Crippen LogP) is 3.59. The molecule has 0 radical (unpaired) electrons. The SMILES string of the molecule is CN(C)CCCNC(=O)CCCn1c2ccccc2c2nc3ccccc3nc21. The highest BCUT2D eigenvalue weighted by molar-refractivity contribution is 6.06. The lowest BCUT2D eigenvalue weighted by Gasteiger charge is -2.10. The molecule has 0 saturated carbocycles. The molecule has 4 rings (SSSR count). The van der Waals surface area contributed by atoms with E-state index in [-0.39, 0.29) is 5.91 Å². The lowest BCUT2D eigenvalue weighted by Crippen LogP contribution is -2.27. The normalized spacial score (nSPS) is 11.7. The molecular formula is C23H27N5O. The molecule has 0 spiro atoms. The molecule has 1 amide bonds. The number of amides is 1. The first-order valence-electron chi connectivity index (χ1n) is 10.2. The molecule has 29 heavy (non-hydrogen) atoms. The van der Waals surface area contributed by atoms with Gasteiger partial charge in [0.1, 0.15) is 5.52 Å². The van der Waals surface area contributed by atoms with E-state index in [2.05, 4.69) is 26.9 Å². The van der Waals surface area contributed by atoms with Crippen LogP contribution < -0.4 is 5.32 Å². The number of aromatic nitrogens is 3. The van der Waals surface area contributed by atoms with Crippen LogP contribution >= 0.6 is 0 Å². The van der Waals surface area contributed by atoms with Gasteiger partial charge >= 0.3 is 0 Å². The number of nitrogens with one attached hydrogen (secondary N) is 1. The first-order valence-corrected chi connectivity index (χ1v) is 10.2. The summed E-state index contributed by atoms with van der Waals surface area (Å²) in [4.78, 5) is 24.0. The zero-order valence-electron chi connectivity index (χ0n) is 17.1. The quantitative estimate of drug-likeness (QED) is 0.468. The Hall–Kier alpha value is -2.99. The Morgan fingerprint density at radius 3 is 2.52 bits per heavy atom. The molecule has 0 aliphatic carbocycles. The minimum atomic E-state index is 0.112. The maximum atomic E-state index is 12.2. The Balaban J connectivity index is 1.52. The largest absolute Gasteiger partial charge is 0.356 e. The van der Waals surface area contributed by atoms with E-state index >= 15 is 0 Å². The molecule has 2 aromatic heterocycles. The minimum absolute atomic E-state index is 0.112. The van der Waals surface area contributed by atoms with Crippen molar-refractivity contribution in [2.45, 2.75) is 25.8 Å². The van der Waals surface area contributed by atoms with Crippen molar-refractivity contribution in [3.63, 3.8) is 0 Å². The van der Waals surface area contributed by atoms with Crippen molar-refractivity contribution in [3.05, 3.63) is 48.5 Å². The maximum Gasteiger partial charge on any atom is 0.220 e. The van der Waals surface area contributed by atoms with Crippen molar-refractivity contribution in [2.24, 2.45) is 0 Å². The molecule has 150 valence electrons. The fourth-order valence-electron chi connectivity index (χ4n) is 3.72. The zero-order chi connectivity index (χ0) is 20.2. The third-order valence-corrected chi connectivity index (χ3v) is 5.15. The van der Waals surface area contributed by atoms with Gasteiger partial charge in [-0.2, -0.15) is 0 Å².